The van der Waals surface area contributed by atoms with Gasteiger partial charge in [-0.05, 0) is 53.9 Å². The van der Waals surface area contributed by atoms with Gasteiger partial charge in [-0.1, -0.05) is 24.3 Å². The molecular weight excluding hydrogens is 418 g/mol. The van der Waals surface area contributed by atoms with Crippen LogP contribution in [0, 0.1) is 0 Å². The lowest BCUT2D eigenvalue weighted by Gasteiger charge is -2.11. The van der Waals surface area contributed by atoms with E-state index in [1.54, 1.807) is 62.0 Å². The van der Waals surface area contributed by atoms with E-state index in [0.29, 0.717) is 22.5 Å². The number of carbonyl (C=O) groups is 1. The van der Waals surface area contributed by atoms with Crippen LogP contribution in [-0.4, -0.2) is 28.1 Å². The van der Waals surface area contributed by atoms with Crippen molar-refractivity contribution in [3.05, 3.63) is 84.7 Å². The van der Waals surface area contributed by atoms with Gasteiger partial charge in [-0.2, -0.15) is 5.11 Å². The molecule has 0 aliphatic rings. The van der Waals surface area contributed by atoms with Crippen molar-refractivity contribution >= 4 is 44.8 Å². The summed E-state index contributed by atoms with van der Waals surface area (Å²) in [6.45, 7) is 0. The number of hydrogen-bond acceptors (Lipinski definition) is 6. The van der Waals surface area contributed by atoms with Crippen molar-refractivity contribution in [2.75, 3.05) is 12.4 Å². The van der Waals surface area contributed by atoms with Gasteiger partial charge in [0.2, 0.25) is 0 Å². The Labute approximate surface area is 188 Å². The Morgan fingerprint density at radius 3 is 2.67 bits per heavy atom. The van der Waals surface area contributed by atoms with E-state index in [2.05, 4.69) is 25.5 Å². The van der Waals surface area contributed by atoms with E-state index in [1.807, 2.05) is 24.3 Å². The standard InChI is InChI=1S/C25H19N5O3/c1-33-18-9-6-16(7-10-18)29-30-23-19-5-3-2-4-15(19)12-20(24(23)31)25(32)28-17-8-11-21-22(13-17)27-14-26-21/h2-14,31H,1H3,(H,26,27)(H,28,32). The van der Waals surface area contributed by atoms with Crippen LogP contribution in [0.15, 0.2) is 89.4 Å². The predicted molar refractivity (Wildman–Crippen MR) is 127 cm³/mol. The first-order valence-corrected chi connectivity index (χ1v) is 10.2. The van der Waals surface area contributed by atoms with Crippen LogP contribution >= 0.6 is 0 Å². The molecule has 8 heteroatoms. The van der Waals surface area contributed by atoms with Crippen LogP contribution in [0.5, 0.6) is 11.5 Å². The highest BCUT2D eigenvalue weighted by atomic mass is 16.5. The van der Waals surface area contributed by atoms with Gasteiger partial charge in [0, 0.05) is 11.1 Å². The van der Waals surface area contributed by atoms with E-state index in [4.69, 9.17) is 4.74 Å². The number of nitrogens with one attached hydrogen (secondary N) is 2. The van der Waals surface area contributed by atoms with Gasteiger partial charge in [0.1, 0.15) is 11.4 Å². The number of amides is 1. The van der Waals surface area contributed by atoms with Crippen LogP contribution in [-0.2, 0) is 0 Å². The molecule has 0 saturated carbocycles. The fourth-order valence-electron chi connectivity index (χ4n) is 3.56. The van der Waals surface area contributed by atoms with Crippen molar-refractivity contribution in [2.45, 2.75) is 0 Å². The highest BCUT2D eigenvalue weighted by molar-refractivity contribution is 6.12. The molecule has 1 heterocycles. The van der Waals surface area contributed by atoms with Crippen LogP contribution in [0.3, 0.4) is 0 Å². The molecule has 162 valence electrons. The van der Waals surface area contributed by atoms with E-state index in [0.717, 1.165) is 16.4 Å². The summed E-state index contributed by atoms with van der Waals surface area (Å²) in [5.41, 5.74) is 3.07. The number of phenols is 1. The summed E-state index contributed by atoms with van der Waals surface area (Å²) in [6.07, 6.45) is 1.59. The second kappa shape index (κ2) is 8.43. The van der Waals surface area contributed by atoms with Gasteiger partial charge in [-0.15, -0.1) is 5.11 Å². The molecule has 0 atom stereocenters. The minimum Gasteiger partial charge on any atom is -0.505 e. The fourth-order valence-corrected chi connectivity index (χ4v) is 3.56. The smallest absolute Gasteiger partial charge is 0.259 e. The number of carbonyl (C=O) groups excluding carboxylic acids is 1. The van der Waals surface area contributed by atoms with Gasteiger partial charge in [-0.25, -0.2) is 4.98 Å². The molecule has 0 saturated heterocycles. The number of anilines is 1. The van der Waals surface area contributed by atoms with Gasteiger partial charge in [-0.3, -0.25) is 4.79 Å². The summed E-state index contributed by atoms with van der Waals surface area (Å²) >= 11 is 0. The third kappa shape index (κ3) is 3.97. The molecule has 3 N–H and O–H groups in total. The molecule has 1 amide bonds. The average molecular weight is 437 g/mol. The number of imidazole rings is 1. The largest absolute Gasteiger partial charge is 0.505 e. The lowest BCUT2D eigenvalue weighted by Crippen LogP contribution is -2.12. The summed E-state index contributed by atoms with van der Waals surface area (Å²) < 4.78 is 5.16. The Morgan fingerprint density at radius 1 is 1.03 bits per heavy atom. The topological polar surface area (TPSA) is 112 Å². The van der Waals surface area contributed by atoms with E-state index >= 15 is 0 Å². The van der Waals surface area contributed by atoms with Crippen LogP contribution in [0.4, 0.5) is 17.1 Å². The van der Waals surface area contributed by atoms with E-state index in [-0.39, 0.29) is 17.0 Å². The predicted octanol–water partition coefficient (Wildman–Crippen LogP) is 6.10. The number of aromatic hydroxyl groups is 1. The van der Waals surface area contributed by atoms with Crippen LogP contribution in [0.25, 0.3) is 21.8 Å². The lowest BCUT2D eigenvalue weighted by molar-refractivity contribution is 0.102. The molecule has 5 rings (SSSR count). The van der Waals surface area contributed by atoms with Crippen molar-refractivity contribution in [3.8, 4) is 11.5 Å². The van der Waals surface area contributed by atoms with Gasteiger partial charge < -0.3 is 20.1 Å². The van der Waals surface area contributed by atoms with Crippen LogP contribution in [0.1, 0.15) is 10.4 Å². The molecule has 1 aromatic heterocycles. The van der Waals surface area contributed by atoms with Gasteiger partial charge >= 0.3 is 0 Å². The number of rotatable bonds is 5. The summed E-state index contributed by atoms with van der Waals surface area (Å²) in [4.78, 5) is 20.3. The third-order valence-electron chi connectivity index (χ3n) is 5.26. The van der Waals surface area contributed by atoms with Crippen molar-refractivity contribution < 1.29 is 14.6 Å². The van der Waals surface area contributed by atoms with Gasteiger partial charge in [0.05, 0.1) is 35.7 Å². The zero-order valence-electron chi connectivity index (χ0n) is 17.6. The normalized spacial score (nSPS) is 11.3. The molecule has 0 unspecified atom stereocenters. The number of aromatic nitrogens is 2. The van der Waals surface area contributed by atoms with Crippen molar-refractivity contribution in [1.82, 2.24) is 9.97 Å². The van der Waals surface area contributed by atoms with Gasteiger partial charge in [0.25, 0.3) is 5.91 Å². The Morgan fingerprint density at radius 2 is 1.85 bits per heavy atom. The molecule has 0 fully saturated rings. The van der Waals surface area contributed by atoms with Gasteiger partial charge in [0.15, 0.2) is 5.75 Å². The second-order valence-electron chi connectivity index (χ2n) is 7.33. The molecule has 0 bridgehead atoms. The molecule has 0 spiro atoms. The maximum Gasteiger partial charge on any atom is 0.259 e. The highest BCUT2D eigenvalue weighted by Crippen LogP contribution is 2.39. The average Bonchev–Trinajstić information content (AvgIpc) is 3.31. The number of ether oxygens (including phenoxy) is 1. The Balaban J connectivity index is 1.52. The zero-order valence-corrected chi connectivity index (χ0v) is 17.6. The van der Waals surface area contributed by atoms with Crippen LogP contribution in [0.2, 0.25) is 0 Å². The first-order valence-electron chi connectivity index (χ1n) is 10.2. The Kier molecular flexibility index (Phi) is 5.16. The summed E-state index contributed by atoms with van der Waals surface area (Å²) in [6, 6.07) is 21.4. The molecule has 4 aromatic carbocycles. The van der Waals surface area contributed by atoms with E-state index in [9.17, 15) is 9.90 Å². The number of methoxy groups -OCH3 is 1. The molecular formula is C25H19N5O3. The highest BCUT2D eigenvalue weighted by Gasteiger charge is 2.19. The van der Waals surface area contributed by atoms with Crippen molar-refractivity contribution in [2.24, 2.45) is 10.2 Å². The number of aromatic amines is 1. The SMILES string of the molecule is COc1ccc(N=Nc2c(O)c(C(=O)Nc3ccc4nc[nH]c4c3)cc3ccccc23)cc1. The maximum atomic E-state index is 13.1. The van der Waals surface area contributed by atoms with Crippen LogP contribution < -0.4 is 10.1 Å². The fraction of sp³-hybridized carbons (Fsp3) is 0.0400. The Hall–Kier alpha value is -4.72. The minimum absolute atomic E-state index is 0.0992. The zero-order chi connectivity index (χ0) is 22.8. The minimum atomic E-state index is -0.460. The number of hydrogen-bond donors (Lipinski definition) is 3. The number of fused-ring (bicyclic) bond motifs is 2. The molecule has 8 nitrogen and oxygen atoms in total. The van der Waals surface area contributed by atoms with E-state index in [1.165, 1.54) is 0 Å². The summed E-state index contributed by atoms with van der Waals surface area (Å²) in [5, 5.41) is 23.8. The molecule has 0 aliphatic heterocycles. The monoisotopic (exact) mass is 437 g/mol. The summed E-state index contributed by atoms with van der Waals surface area (Å²) in [5.74, 6) is -0.00155. The number of H-pyrrole nitrogens is 1. The Bertz CT molecular complexity index is 1510. The maximum absolute atomic E-state index is 13.1. The quantitative estimate of drug-likeness (QED) is 0.288. The first-order chi connectivity index (χ1) is 16.1. The lowest BCUT2D eigenvalue weighted by atomic mass is 10.0. The molecule has 0 aliphatic carbocycles. The molecule has 0 radical (unpaired) electrons. The number of azo groups is 1. The van der Waals surface area contributed by atoms with Crippen molar-refractivity contribution in [3.63, 3.8) is 0 Å². The number of benzene rings is 4. The first kappa shape index (κ1) is 20.2. The molecule has 33 heavy (non-hydrogen) atoms. The number of phenolic OH excluding ortho intramolecular Hbond substituents is 1. The third-order valence-corrected chi connectivity index (χ3v) is 5.26. The number of nitrogens with zero attached hydrogens (tertiary/aromatic N) is 3. The van der Waals surface area contributed by atoms with Crippen molar-refractivity contribution in [1.29, 1.82) is 0 Å². The molecule has 5 aromatic rings. The second-order valence-corrected chi connectivity index (χ2v) is 7.33. The van der Waals surface area contributed by atoms with E-state index < -0.39 is 5.91 Å². The summed E-state index contributed by atoms with van der Waals surface area (Å²) in [7, 11) is 1.59.